The van der Waals surface area contributed by atoms with Crippen LogP contribution >= 0.6 is 0 Å². The minimum atomic E-state index is -0.778. The van der Waals surface area contributed by atoms with Gasteiger partial charge < -0.3 is 24.4 Å². The Balaban J connectivity index is 1.75. The molecule has 0 aliphatic carbocycles. The number of amides is 2. The molecular formula is C24H28N2O5. The second-order valence-electron chi connectivity index (χ2n) is 7.07. The highest BCUT2D eigenvalue weighted by molar-refractivity contribution is 5.98. The summed E-state index contributed by atoms with van der Waals surface area (Å²) < 4.78 is 17.0. The quantitative estimate of drug-likeness (QED) is 0.703. The van der Waals surface area contributed by atoms with E-state index in [2.05, 4.69) is 5.32 Å². The number of anilines is 1. The lowest BCUT2D eigenvalue weighted by molar-refractivity contribution is -0.128. The lowest BCUT2D eigenvalue weighted by Crippen LogP contribution is -2.51. The van der Waals surface area contributed by atoms with Crippen molar-refractivity contribution in [1.29, 1.82) is 0 Å². The summed E-state index contributed by atoms with van der Waals surface area (Å²) in [5.74, 6) is 0.998. The third-order valence-corrected chi connectivity index (χ3v) is 4.81. The van der Waals surface area contributed by atoms with Crippen LogP contribution in [-0.2, 0) is 9.59 Å². The summed E-state index contributed by atoms with van der Waals surface area (Å²) >= 11 is 0. The summed E-state index contributed by atoms with van der Waals surface area (Å²) in [6.07, 6.45) is 3.92. The fraction of sp³-hybridized carbons (Fsp3) is 0.333. The Morgan fingerprint density at radius 1 is 1.23 bits per heavy atom. The molecule has 0 bridgehead atoms. The summed E-state index contributed by atoms with van der Waals surface area (Å²) in [4.78, 5) is 27.0. The van der Waals surface area contributed by atoms with Gasteiger partial charge in [-0.1, -0.05) is 37.3 Å². The van der Waals surface area contributed by atoms with Crippen LogP contribution in [0, 0.1) is 0 Å². The maximum atomic E-state index is 13.0. The number of allylic oxidation sites excluding steroid dienone is 1. The van der Waals surface area contributed by atoms with Crippen LogP contribution in [0.3, 0.4) is 0 Å². The molecule has 2 amide bonds. The van der Waals surface area contributed by atoms with Crippen molar-refractivity contribution < 1.29 is 23.8 Å². The first-order valence-corrected chi connectivity index (χ1v) is 10.3. The zero-order valence-electron chi connectivity index (χ0n) is 18.1. The van der Waals surface area contributed by atoms with Crippen molar-refractivity contribution in [3.8, 4) is 17.2 Å². The maximum Gasteiger partial charge on any atom is 0.265 e. The second-order valence-corrected chi connectivity index (χ2v) is 7.07. The number of fused-ring (bicyclic) bond motifs is 1. The fourth-order valence-corrected chi connectivity index (χ4v) is 3.29. The average molecular weight is 424 g/mol. The first-order chi connectivity index (χ1) is 15.1. The van der Waals surface area contributed by atoms with Crippen molar-refractivity contribution >= 4 is 23.6 Å². The summed E-state index contributed by atoms with van der Waals surface area (Å²) in [5.41, 5.74) is 1.59. The largest absolute Gasteiger partial charge is 0.493 e. The molecule has 31 heavy (non-hydrogen) atoms. The molecule has 1 N–H and O–H groups in total. The van der Waals surface area contributed by atoms with E-state index in [1.807, 2.05) is 50.3 Å². The van der Waals surface area contributed by atoms with Crippen molar-refractivity contribution in [3.05, 3.63) is 54.1 Å². The zero-order valence-corrected chi connectivity index (χ0v) is 18.1. The summed E-state index contributed by atoms with van der Waals surface area (Å²) in [6, 6.07) is 12.7. The maximum absolute atomic E-state index is 13.0. The molecule has 0 radical (unpaired) electrons. The molecule has 1 aliphatic rings. The number of hydrogen-bond acceptors (Lipinski definition) is 5. The SMILES string of the molecule is C/C=C/c1ccc(OCC(=O)N2C[C@H](C(=O)NCCC)Oc3ccccc32)c(OC)c1. The van der Waals surface area contributed by atoms with Gasteiger partial charge in [0.2, 0.25) is 0 Å². The molecule has 1 heterocycles. The van der Waals surface area contributed by atoms with Gasteiger partial charge in [-0.3, -0.25) is 9.59 Å². The number of carbonyl (C=O) groups is 2. The number of methoxy groups -OCH3 is 1. The molecule has 0 aromatic heterocycles. The number of benzene rings is 2. The Morgan fingerprint density at radius 2 is 2.03 bits per heavy atom. The smallest absolute Gasteiger partial charge is 0.265 e. The molecule has 0 unspecified atom stereocenters. The molecule has 0 saturated heterocycles. The first kappa shape index (κ1) is 22.2. The summed E-state index contributed by atoms with van der Waals surface area (Å²) in [5, 5.41) is 2.83. The Labute approximate surface area is 182 Å². The van der Waals surface area contributed by atoms with Crippen LogP contribution in [-0.4, -0.2) is 44.7 Å². The highest BCUT2D eigenvalue weighted by Gasteiger charge is 2.33. The van der Waals surface area contributed by atoms with Gasteiger partial charge in [0, 0.05) is 6.54 Å². The van der Waals surface area contributed by atoms with Gasteiger partial charge in [-0.2, -0.15) is 0 Å². The number of para-hydroxylation sites is 2. The van der Waals surface area contributed by atoms with Crippen molar-refractivity contribution in [1.82, 2.24) is 5.32 Å². The van der Waals surface area contributed by atoms with Crippen LogP contribution in [0.1, 0.15) is 25.8 Å². The Morgan fingerprint density at radius 3 is 2.77 bits per heavy atom. The molecule has 0 fully saturated rings. The molecule has 2 aromatic carbocycles. The fourth-order valence-electron chi connectivity index (χ4n) is 3.29. The first-order valence-electron chi connectivity index (χ1n) is 10.3. The zero-order chi connectivity index (χ0) is 22.2. The van der Waals surface area contributed by atoms with E-state index in [4.69, 9.17) is 14.2 Å². The third kappa shape index (κ3) is 5.36. The predicted molar refractivity (Wildman–Crippen MR) is 120 cm³/mol. The highest BCUT2D eigenvalue weighted by atomic mass is 16.5. The van der Waals surface area contributed by atoms with Crippen LogP contribution in [0.5, 0.6) is 17.2 Å². The standard InChI is InChI=1S/C24H28N2O5/c1-4-8-17-11-12-20(21(14-17)29-3)30-16-23(27)26-15-22(24(28)25-13-5-2)31-19-10-7-6-9-18(19)26/h4,6-12,14,22H,5,13,15-16H2,1-3H3,(H,25,28)/b8-4+/t22-/m1/s1. The van der Waals surface area contributed by atoms with E-state index in [1.54, 1.807) is 25.3 Å². The Kier molecular flexibility index (Phi) is 7.54. The lowest BCUT2D eigenvalue weighted by Gasteiger charge is -2.34. The van der Waals surface area contributed by atoms with E-state index in [-0.39, 0.29) is 25.0 Å². The van der Waals surface area contributed by atoms with E-state index in [1.165, 1.54) is 4.90 Å². The van der Waals surface area contributed by atoms with Crippen LogP contribution < -0.4 is 24.4 Å². The monoisotopic (exact) mass is 424 g/mol. The van der Waals surface area contributed by atoms with Gasteiger partial charge in [-0.15, -0.1) is 0 Å². The molecular weight excluding hydrogens is 396 g/mol. The number of carbonyl (C=O) groups excluding carboxylic acids is 2. The van der Waals surface area contributed by atoms with Crippen LogP contribution in [0.4, 0.5) is 5.69 Å². The Bertz CT molecular complexity index is 957. The van der Waals surface area contributed by atoms with Crippen LogP contribution in [0.15, 0.2) is 48.5 Å². The van der Waals surface area contributed by atoms with Gasteiger partial charge in [-0.05, 0) is 43.2 Å². The number of nitrogens with zero attached hydrogens (tertiary/aromatic N) is 1. The molecule has 0 saturated carbocycles. The molecule has 164 valence electrons. The number of nitrogens with one attached hydrogen (secondary N) is 1. The Hall–Kier alpha value is -3.48. The number of hydrogen-bond donors (Lipinski definition) is 1. The molecule has 1 aliphatic heterocycles. The van der Waals surface area contributed by atoms with Crippen molar-refractivity contribution in [2.24, 2.45) is 0 Å². The summed E-state index contributed by atoms with van der Waals surface area (Å²) in [7, 11) is 1.56. The van der Waals surface area contributed by atoms with Gasteiger partial charge in [0.1, 0.15) is 5.75 Å². The second kappa shape index (κ2) is 10.5. The number of rotatable bonds is 8. The topological polar surface area (TPSA) is 77.1 Å². The van der Waals surface area contributed by atoms with Gasteiger partial charge >= 0.3 is 0 Å². The average Bonchev–Trinajstić information content (AvgIpc) is 2.80. The molecule has 2 aromatic rings. The van der Waals surface area contributed by atoms with Crippen LogP contribution in [0.25, 0.3) is 6.08 Å². The minimum absolute atomic E-state index is 0.117. The minimum Gasteiger partial charge on any atom is -0.493 e. The number of ether oxygens (including phenoxy) is 3. The van der Waals surface area contributed by atoms with Crippen molar-refractivity contribution in [2.45, 2.75) is 26.4 Å². The van der Waals surface area contributed by atoms with Crippen molar-refractivity contribution in [3.63, 3.8) is 0 Å². The van der Waals surface area contributed by atoms with Gasteiger partial charge in [0.25, 0.3) is 11.8 Å². The van der Waals surface area contributed by atoms with E-state index in [0.717, 1.165) is 12.0 Å². The molecule has 3 rings (SSSR count). The van der Waals surface area contributed by atoms with Crippen molar-refractivity contribution in [2.75, 3.05) is 31.7 Å². The predicted octanol–water partition coefficient (Wildman–Crippen LogP) is 3.43. The lowest BCUT2D eigenvalue weighted by atomic mass is 10.1. The van der Waals surface area contributed by atoms with E-state index >= 15 is 0 Å². The van der Waals surface area contributed by atoms with E-state index < -0.39 is 6.10 Å². The molecule has 7 nitrogen and oxygen atoms in total. The molecule has 7 heteroatoms. The van der Waals surface area contributed by atoms with Gasteiger partial charge in [0.15, 0.2) is 24.2 Å². The normalized spacial score (nSPS) is 15.2. The summed E-state index contributed by atoms with van der Waals surface area (Å²) in [6.45, 7) is 4.39. The van der Waals surface area contributed by atoms with E-state index in [0.29, 0.717) is 29.5 Å². The van der Waals surface area contributed by atoms with E-state index in [9.17, 15) is 9.59 Å². The van der Waals surface area contributed by atoms with Gasteiger partial charge in [0.05, 0.1) is 19.3 Å². The van der Waals surface area contributed by atoms with Gasteiger partial charge in [-0.25, -0.2) is 0 Å². The van der Waals surface area contributed by atoms with Crippen LogP contribution in [0.2, 0.25) is 0 Å². The molecule has 1 atom stereocenters. The third-order valence-electron chi connectivity index (χ3n) is 4.81. The molecule has 0 spiro atoms. The highest BCUT2D eigenvalue weighted by Crippen LogP contribution is 2.34.